The van der Waals surface area contributed by atoms with Crippen LogP contribution < -0.4 is 0 Å². The van der Waals surface area contributed by atoms with Gasteiger partial charge in [0, 0.05) is 12.2 Å². The van der Waals surface area contributed by atoms with E-state index in [1.54, 1.807) is 16.8 Å². The Bertz CT molecular complexity index is 503. The number of nitrogens with zero attached hydrogens (tertiary/aromatic N) is 1. The van der Waals surface area contributed by atoms with E-state index in [9.17, 15) is 13.2 Å². The van der Waals surface area contributed by atoms with Crippen LogP contribution in [0.15, 0.2) is 18.3 Å². The maximum Gasteiger partial charge on any atom is 0.352 e. The van der Waals surface area contributed by atoms with E-state index in [4.69, 9.17) is 5.11 Å². The fourth-order valence-corrected chi connectivity index (χ4v) is 3.80. The van der Waals surface area contributed by atoms with Gasteiger partial charge >= 0.3 is 5.97 Å². The van der Waals surface area contributed by atoms with Gasteiger partial charge in [-0.2, -0.15) is 0 Å². The number of carbonyl (C=O) groups is 1. The number of rotatable bonds is 2. The molecule has 0 spiro atoms. The molecule has 2 rings (SSSR count). The smallest absolute Gasteiger partial charge is 0.352 e. The molecule has 16 heavy (non-hydrogen) atoms. The van der Waals surface area contributed by atoms with Crippen molar-refractivity contribution < 1.29 is 18.3 Å². The van der Waals surface area contributed by atoms with Crippen molar-refractivity contribution in [3.8, 4) is 0 Å². The molecule has 0 bridgehead atoms. The molecule has 0 radical (unpaired) electrons. The van der Waals surface area contributed by atoms with Gasteiger partial charge in [0.25, 0.3) is 0 Å². The van der Waals surface area contributed by atoms with Crippen LogP contribution in [-0.2, 0) is 9.84 Å². The lowest BCUT2D eigenvalue weighted by Crippen LogP contribution is -2.28. The van der Waals surface area contributed by atoms with Crippen molar-refractivity contribution in [3.63, 3.8) is 0 Å². The molecule has 88 valence electrons. The molecule has 1 unspecified atom stereocenters. The zero-order valence-corrected chi connectivity index (χ0v) is 9.48. The van der Waals surface area contributed by atoms with E-state index in [1.807, 2.05) is 0 Å². The normalized spacial score (nSPS) is 24.1. The van der Waals surface area contributed by atoms with Crippen molar-refractivity contribution in [3.05, 3.63) is 24.0 Å². The van der Waals surface area contributed by atoms with Crippen molar-refractivity contribution >= 4 is 15.8 Å². The van der Waals surface area contributed by atoms with Crippen molar-refractivity contribution in [2.75, 3.05) is 11.5 Å². The van der Waals surface area contributed by atoms with Gasteiger partial charge in [-0.3, -0.25) is 0 Å². The van der Waals surface area contributed by atoms with Gasteiger partial charge in [-0.05, 0) is 25.0 Å². The van der Waals surface area contributed by atoms with E-state index in [-0.39, 0.29) is 23.2 Å². The number of carboxylic acids is 1. The molecule has 0 aromatic carbocycles. The highest BCUT2D eigenvalue weighted by molar-refractivity contribution is 7.91. The van der Waals surface area contributed by atoms with Gasteiger partial charge < -0.3 is 9.67 Å². The second kappa shape index (κ2) is 3.93. The summed E-state index contributed by atoms with van der Waals surface area (Å²) >= 11 is 0. The molecule has 1 fully saturated rings. The van der Waals surface area contributed by atoms with Crippen LogP contribution in [0, 0.1) is 0 Å². The highest BCUT2D eigenvalue weighted by Gasteiger charge is 2.27. The predicted octanol–water partition coefficient (Wildman–Crippen LogP) is 0.936. The monoisotopic (exact) mass is 243 g/mol. The van der Waals surface area contributed by atoms with Gasteiger partial charge in [0.1, 0.15) is 5.69 Å². The first-order valence-electron chi connectivity index (χ1n) is 5.10. The lowest BCUT2D eigenvalue weighted by molar-refractivity contribution is 0.0682. The van der Waals surface area contributed by atoms with Gasteiger partial charge in [0.15, 0.2) is 9.84 Å². The Morgan fingerprint density at radius 2 is 2.25 bits per heavy atom. The summed E-state index contributed by atoms with van der Waals surface area (Å²) in [5.74, 6) is -0.761. The van der Waals surface area contributed by atoms with Crippen LogP contribution in [0.25, 0.3) is 0 Å². The van der Waals surface area contributed by atoms with Crippen molar-refractivity contribution in [2.24, 2.45) is 0 Å². The fraction of sp³-hybridized carbons (Fsp3) is 0.500. The summed E-state index contributed by atoms with van der Waals surface area (Å²) in [5, 5.41) is 8.95. The SMILES string of the molecule is O=C(O)c1cccn1C1CCCS(=O)(=O)C1. The topological polar surface area (TPSA) is 76.4 Å². The summed E-state index contributed by atoms with van der Waals surface area (Å²) in [6.45, 7) is 0. The first kappa shape index (κ1) is 11.2. The molecule has 0 amide bonds. The minimum absolute atomic E-state index is 0.0436. The van der Waals surface area contributed by atoms with Gasteiger partial charge in [-0.15, -0.1) is 0 Å². The standard InChI is InChI=1S/C10H13NO4S/c12-10(13)9-4-1-5-11(9)8-3-2-6-16(14,15)7-8/h1,4-5,8H,2-3,6-7H2,(H,12,13). The zero-order valence-electron chi connectivity index (χ0n) is 8.67. The minimum Gasteiger partial charge on any atom is -0.477 e. The third-order valence-electron chi connectivity index (χ3n) is 2.83. The molecule has 1 aromatic rings. The number of hydrogen-bond acceptors (Lipinski definition) is 3. The van der Waals surface area contributed by atoms with E-state index >= 15 is 0 Å². The van der Waals surface area contributed by atoms with E-state index in [2.05, 4.69) is 0 Å². The van der Waals surface area contributed by atoms with Crippen LogP contribution >= 0.6 is 0 Å². The predicted molar refractivity (Wildman–Crippen MR) is 58.3 cm³/mol. The number of carboxylic acid groups (broad SMARTS) is 1. The van der Waals surface area contributed by atoms with E-state index in [1.165, 1.54) is 6.07 Å². The molecule has 6 heteroatoms. The van der Waals surface area contributed by atoms with Crippen LogP contribution in [-0.4, -0.2) is 35.6 Å². The van der Waals surface area contributed by atoms with Crippen LogP contribution in [0.1, 0.15) is 29.4 Å². The summed E-state index contributed by atoms with van der Waals surface area (Å²) in [6.07, 6.45) is 2.95. The molecule has 0 saturated carbocycles. The Morgan fingerprint density at radius 3 is 2.88 bits per heavy atom. The molecular weight excluding hydrogens is 230 g/mol. The largest absolute Gasteiger partial charge is 0.477 e. The summed E-state index contributed by atoms with van der Waals surface area (Å²) < 4.78 is 24.5. The molecule has 2 heterocycles. The van der Waals surface area contributed by atoms with Crippen molar-refractivity contribution in [2.45, 2.75) is 18.9 Å². The third kappa shape index (κ3) is 2.11. The van der Waals surface area contributed by atoms with Gasteiger partial charge in [0.2, 0.25) is 0 Å². The first-order chi connectivity index (χ1) is 7.49. The zero-order chi connectivity index (χ0) is 11.8. The molecule has 1 atom stereocenters. The molecule has 0 aliphatic carbocycles. The Labute approximate surface area is 93.6 Å². The van der Waals surface area contributed by atoms with Crippen LogP contribution in [0.5, 0.6) is 0 Å². The molecule has 1 aromatic heterocycles. The number of hydrogen-bond donors (Lipinski definition) is 1. The Kier molecular flexibility index (Phi) is 2.75. The third-order valence-corrected chi connectivity index (χ3v) is 4.63. The number of aromatic nitrogens is 1. The average Bonchev–Trinajstić information content (AvgIpc) is 2.64. The van der Waals surface area contributed by atoms with Gasteiger partial charge in [0.05, 0.1) is 11.5 Å². The van der Waals surface area contributed by atoms with E-state index in [0.29, 0.717) is 12.8 Å². The second-order valence-corrected chi connectivity index (χ2v) is 6.24. The lowest BCUT2D eigenvalue weighted by atomic mass is 10.2. The van der Waals surface area contributed by atoms with Gasteiger partial charge in [-0.1, -0.05) is 0 Å². The lowest BCUT2D eigenvalue weighted by Gasteiger charge is -2.24. The average molecular weight is 243 g/mol. The summed E-state index contributed by atoms with van der Waals surface area (Å²) in [7, 11) is -3.01. The number of sulfone groups is 1. The Hall–Kier alpha value is -1.30. The maximum absolute atomic E-state index is 11.5. The minimum atomic E-state index is -3.01. The van der Waals surface area contributed by atoms with Crippen molar-refractivity contribution in [1.29, 1.82) is 0 Å². The van der Waals surface area contributed by atoms with Crippen molar-refractivity contribution in [1.82, 2.24) is 4.57 Å². The Balaban J connectivity index is 2.30. The fourth-order valence-electron chi connectivity index (χ4n) is 2.11. The van der Waals surface area contributed by atoms with Crippen LogP contribution in [0.4, 0.5) is 0 Å². The summed E-state index contributed by atoms with van der Waals surface area (Å²) in [6, 6.07) is 2.88. The van der Waals surface area contributed by atoms with Crippen LogP contribution in [0.2, 0.25) is 0 Å². The molecule has 1 N–H and O–H groups in total. The maximum atomic E-state index is 11.5. The van der Waals surface area contributed by atoms with Crippen LogP contribution in [0.3, 0.4) is 0 Å². The molecule has 5 nitrogen and oxygen atoms in total. The molecule has 1 aliphatic rings. The summed E-state index contributed by atoms with van der Waals surface area (Å²) in [5.41, 5.74) is 0.155. The highest BCUT2D eigenvalue weighted by Crippen LogP contribution is 2.24. The molecule has 1 saturated heterocycles. The van der Waals surface area contributed by atoms with Gasteiger partial charge in [-0.25, -0.2) is 13.2 Å². The second-order valence-electron chi connectivity index (χ2n) is 4.02. The van der Waals surface area contributed by atoms with E-state index < -0.39 is 15.8 Å². The number of aromatic carboxylic acids is 1. The quantitative estimate of drug-likeness (QED) is 0.838. The summed E-state index contributed by atoms with van der Waals surface area (Å²) in [4.78, 5) is 10.9. The Morgan fingerprint density at radius 1 is 1.50 bits per heavy atom. The van der Waals surface area contributed by atoms with E-state index in [0.717, 1.165) is 0 Å². The molecular formula is C10H13NO4S. The highest BCUT2D eigenvalue weighted by atomic mass is 32.2. The molecule has 1 aliphatic heterocycles. The first-order valence-corrected chi connectivity index (χ1v) is 6.92.